The molecule has 0 amide bonds. The predicted octanol–water partition coefficient (Wildman–Crippen LogP) is 9.75. The minimum Gasteiger partial charge on any atom is -0.508 e. The van der Waals surface area contributed by atoms with Crippen LogP contribution in [0.1, 0.15) is 111 Å². The van der Waals surface area contributed by atoms with Crippen molar-refractivity contribution < 1.29 is 32.8 Å². The van der Waals surface area contributed by atoms with Gasteiger partial charge >= 0.3 is 8.80 Å². The lowest BCUT2D eigenvalue weighted by Gasteiger charge is -2.31. The third-order valence-corrected chi connectivity index (χ3v) is 10.4. The minimum absolute atomic E-state index is 0.173. The number of carbonyl (C=O) groups excluding carboxylic acids is 3. The molecule has 0 bridgehead atoms. The number of aryl methyl sites for hydroxylation is 2. The number of hydrogen-bond donors (Lipinski definition) is 1. The SMILES string of the molecule is CCCCCCCCCc1ccc(-c2ccc(O)cc2CCC[Si](OC(C)=CC(C)=O)(OC(C)=CC(C)=O)OC(C)=CC(C)=O)cc1. The predicted molar refractivity (Wildman–Crippen MR) is 191 cm³/mol. The van der Waals surface area contributed by atoms with E-state index in [1.54, 1.807) is 32.9 Å². The number of rotatable bonds is 22. The van der Waals surface area contributed by atoms with Gasteiger partial charge in [-0.1, -0.05) is 75.8 Å². The van der Waals surface area contributed by atoms with Crippen molar-refractivity contribution in [1.29, 1.82) is 0 Å². The van der Waals surface area contributed by atoms with Gasteiger partial charge in [-0.25, -0.2) is 0 Å². The van der Waals surface area contributed by atoms with Crippen LogP contribution in [0.2, 0.25) is 6.04 Å². The fourth-order valence-electron chi connectivity index (χ4n) is 5.60. The number of benzene rings is 2. The third-order valence-electron chi connectivity index (χ3n) is 7.52. The molecule has 0 saturated heterocycles. The van der Waals surface area contributed by atoms with Crippen molar-refractivity contribution in [1.82, 2.24) is 0 Å². The molecule has 0 radical (unpaired) electrons. The van der Waals surface area contributed by atoms with Gasteiger partial charge in [0.2, 0.25) is 0 Å². The molecule has 8 heteroatoms. The number of aromatic hydroxyl groups is 1. The highest BCUT2D eigenvalue weighted by Gasteiger charge is 2.49. The molecule has 0 aliphatic heterocycles. The Bertz CT molecular complexity index is 1340. The lowest BCUT2D eigenvalue weighted by molar-refractivity contribution is -0.113. The number of ketones is 3. The number of unbranched alkanes of at least 4 members (excludes halogenated alkanes) is 6. The van der Waals surface area contributed by atoms with E-state index >= 15 is 0 Å². The van der Waals surface area contributed by atoms with E-state index in [9.17, 15) is 19.5 Å². The summed E-state index contributed by atoms with van der Waals surface area (Å²) in [6.45, 7) is 11.5. The molecule has 7 nitrogen and oxygen atoms in total. The first-order valence-electron chi connectivity index (χ1n) is 16.9. The fraction of sp³-hybridized carbons (Fsp3) is 0.462. The maximum Gasteiger partial charge on any atom is 0.698 e. The molecule has 2 aromatic carbocycles. The number of phenolic OH excluding ortho intramolecular Hbond substituents is 1. The molecule has 0 heterocycles. The summed E-state index contributed by atoms with van der Waals surface area (Å²) in [4.78, 5) is 35.6. The second-order valence-electron chi connectivity index (χ2n) is 12.3. The molecule has 0 aromatic heterocycles. The summed E-state index contributed by atoms with van der Waals surface area (Å²) < 4.78 is 18.9. The topological polar surface area (TPSA) is 99.1 Å². The molecule has 1 N–H and O–H groups in total. The first-order valence-corrected chi connectivity index (χ1v) is 18.8. The zero-order chi connectivity index (χ0) is 34.8. The normalized spacial score (nSPS) is 13.6. The van der Waals surface area contributed by atoms with Crippen molar-refractivity contribution in [2.24, 2.45) is 0 Å². The van der Waals surface area contributed by atoms with Gasteiger partial charge in [-0.3, -0.25) is 14.4 Å². The molecule has 0 aliphatic rings. The lowest BCUT2D eigenvalue weighted by atomic mass is 9.95. The fourth-order valence-corrected chi connectivity index (χ4v) is 8.29. The van der Waals surface area contributed by atoms with Crippen LogP contribution in [-0.4, -0.2) is 31.3 Å². The van der Waals surface area contributed by atoms with Crippen LogP contribution in [-0.2, 0) is 40.5 Å². The van der Waals surface area contributed by atoms with E-state index < -0.39 is 8.80 Å². The maximum atomic E-state index is 11.9. The number of allylic oxidation sites excluding steroid dienone is 6. The van der Waals surface area contributed by atoms with Gasteiger partial charge in [0.15, 0.2) is 17.3 Å². The molecule has 0 unspecified atom stereocenters. The summed E-state index contributed by atoms with van der Waals surface area (Å²) in [5.74, 6) is 0.507. The van der Waals surface area contributed by atoms with E-state index in [4.69, 9.17) is 13.3 Å². The smallest absolute Gasteiger partial charge is 0.508 e. The molecule has 0 fully saturated rings. The first kappa shape index (κ1) is 39.3. The largest absolute Gasteiger partial charge is 0.698 e. The zero-order valence-corrected chi connectivity index (χ0v) is 30.4. The number of phenols is 1. The summed E-state index contributed by atoms with van der Waals surface area (Å²) in [5, 5.41) is 10.4. The second-order valence-corrected chi connectivity index (χ2v) is 14.8. The van der Waals surface area contributed by atoms with Gasteiger partial charge in [0.25, 0.3) is 0 Å². The molecule has 0 spiro atoms. The minimum atomic E-state index is -3.71. The Kier molecular flexibility index (Phi) is 17.0. The molecule has 0 saturated carbocycles. The quantitative estimate of drug-likeness (QED) is 0.0580. The van der Waals surface area contributed by atoms with Crippen molar-refractivity contribution >= 4 is 26.2 Å². The van der Waals surface area contributed by atoms with E-state index in [1.165, 1.54) is 89.5 Å². The first-order chi connectivity index (χ1) is 22.3. The van der Waals surface area contributed by atoms with Gasteiger partial charge in [-0.2, -0.15) is 0 Å². The third kappa shape index (κ3) is 15.5. The highest BCUT2D eigenvalue weighted by Crippen LogP contribution is 2.32. The van der Waals surface area contributed by atoms with E-state index in [2.05, 4.69) is 31.2 Å². The summed E-state index contributed by atoms with van der Waals surface area (Å²) in [7, 11) is -3.71. The number of carbonyl (C=O) groups is 3. The Morgan fingerprint density at radius 1 is 0.638 bits per heavy atom. The summed E-state index contributed by atoms with van der Waals surface area (Å²) in [6, 6.07) is 14.4. The number of hydrogen-bond acceptors (Lipinski definition) is 7. The lowest BCUT2D eigenvalue weighted by Crippen LogP contribution is -2.44. The molecule has 0 atom stereocenters. The second kappa shape index (κ2) is 20.4. The van der Waals surface area contributed by atoms with Crippen LogP contribution in [0.3, 0.4) is 0 Å². The Morgan fingerprint density at radius 3 is 1.62 bits per heavy atom. The summed E-state index contributed by atoms with van der Waals surface area (Å²) in [5.41, 5.74) is 4.36. The van der Waals surface area contributed by atoms with E-state index in [-0.39, 0.29) is 23.1 Å². The zero-order valence-electron chi connectivity index (χ0n) is 29.4. The average molecular weight is 663 g/mol. The van der Waals surface area contributed by atoms with Crippen LogP contribution in [0.25, 0.3) is 11.1 Å². The van der Waals surface area contributed by atoms with Gasteiger partial charge in [-0.05, 0) is 102 Å². The van der Waals surface area contributed by atoms with Crippen molar-refractivity contribution in [3.8, 4) is 16.9 Å². The van der Waals surface area contributed by atoms with Gasteiger partial charge in [0, 0.05) is 18.2 Å². The van der Waals surface area contributed by atoms with E-state index in [0.29, 0.717) is 36.2 Å². The Balaban J connectivity index is 2.30. The van der Waals surface area contributed by atoms with Crippen molar-refractivity contribution in [3.05, 3.63) is 89.1 Å². The van der Waals surface area contributed by atoms with Crippen molar-refractivity contribution in [3.63, 3.8) is 0 Å². The monoisotopic (exact) mass is 662 g/mol. The van der Waals surface area contributed by atoms with Crippen molar-refractivity contribution in [2.75, 3.05) is 0 Å². The van der Waals surface area contributed by atoms with Crippen LogP contribution < -0.4 is 0 Å². The average Bonchev–Trinajstić information content (AvgIpc) is 2.95. The Hall–Kier alpha value is -3.91. The van der Waals surface area contributed by atoms with Crippen LogP contribution in [0, 0.1) is 0 Å². The van der Waals surface area contributed by atoms with Crippen LogP contribution in [0.4, 0.5) is 0 Å². The van der Waals surface area contributed by atoms with Gasteiger partial charge < -0.3 is 18.4 Å². The van der Waals surface area contributed by atoms with E-state index in [1.807, 2.05) is 6.07 Å². The van der Waals surface area contributed by atoms with Gasteiger partial charge in [0.05, 0.1) is 23.3 Å². The van der Waals surface area contributed by atoms with Crippen LogP contribution >= 0.6 is 0 Å². The Labute approximate surface area is 283 Å². The highest BCUT2D eigenvalue weighted by molar-refractivity contribution is 6.61. The summed E-state index contributed by atoms with van der Waals surface area (Å²) in [6.07, 6.45) is 15.2. The van der Waals surface area contributed by atoms with Crippen LogP contribution in [0.15, 0.2) is 78.0 Å². The molecule has 2 aromatic rings. The standard InChI is InChI=1S/C39H54O7Si/c1-8-9-10-11-12-13-14-16-35-18-20-36(21-19-35)39-23-22-38(43)28-37(39)17-15-24-47(44-32(5)25-29(2)40,45-33(6)26-30(3)41)46-34(7)27-31(4)42/h18-23,25-28,43H,8-17,24H2,1-7H3. The molecule has 0 aliphatic carbocycles. The van der Waals surface area contributed by atoms with Crippen LogP contribution in [0.5, 0.6) is 5.75 Å². The van der Waals surface area contributed by atoms with Crippen molar-refractivity contribution in [2.45, 2.75) is 119 Å². The molecular formula is C39H54O7Si. The summed E-state index contributed by atoms with van der Waals surface area (Å²) >= 11 is 0. The highest BCUT2D eigenvalue weighted by atomic mass is 28.4. The van der Waals surface area contributed by atoms with Gasteiger partial charge in [0.1, 0.15) is 5.75 Å². The van der Waals surface area contributed by atoms with E-state index in [0.717, 1.165) is 23.1 Å². The molecular weight excluding hydrogens is 609 g/mol. The molecule has 256 valence electrons. The van der Waals surface area contributed by atoms with Gasteiger partial charge in [-0.15, -0.1) is 0 Å². The Morgan fingerprint density at radius 2 is 1.13 bits per heavy atom. The molecule has 47 heavy (non-hydrogen) atoms. The maximum absolute atomic E-state index is 11.9. The molecule has 2 rings (SSSR count).